The summed E-state index contributed by atoms with van der Waals surface area (Å²) in [6.45, 7) is -0.133. The molecule has 0 aliphatic rings. The van der Waals surface area contributed by atoms with E-state index < -0.39 is 10.5 Å². The zero-order chi connectivity index (χ0) is 9.12. The van der Waals surface area contributed by atoms with Crippen molar-refractivity contribution in [3.63, 3.8) is 0 Å². The second kappa shape index (κ2) is 4.78. The molecule has 0 fully saturated rings. The molecule has 0 bridgehead atoms. The Bertz CT molecular complexity index is 99.0. The van der Waals surface area contributed by atoms with Crippen molar-refractivity contribution in [3.8, 4) is 0 Å². The zero-order valence-electron chi connectivity index (χ0n) is 6.01. The molecule has 0 saturated heterocycles. The van der Waals surface area contributed by atoms with Gasteiger partial charge in [0, 0.05) is 0 Å². The van der Waals surface area contributed by atoms with Crippen LogP contribution in [-0.4, -0.2) is 10.5 Å². The lowest BCUT2D eigenvalue weighted by atomic mass is 10.4. The minimum absolute atomic E-state index is 0.514. The third-order valence-corrected chi connectivity index (χ3v) is 4.01. The summed E-state index contributed by atoms with van der Waals surface area (Å²) in [7, 11) is 0. The smallest absolute Gasteiger partial charge is 0.146 e. The van der Waals surface area contributed by atoms with Crippen LogP contribution >= 0.6 is 57.0 Å². The van der Waals surface area contributed by atoms with E-state index in [0.29, 0.717) is 6.42 Å². The first-order valence-electron chi connectivity index (χ1n) is 3.15. The zero-order valence-corrected chi connectivity index (χ0v) is 10.8. The van der Waals surface area contributed by atoms with Crippen LogP contribution in [-0.2, 0) is 0 Å². The molecule has 0 N–H and O–H groups in total. The fourth-order valence-electron chi connectivity index (χ4n) is 0.599. The monoisotopic (exact) mass is 272 g/mol. The van der Waals surface area contributed by atoms with Crippen LogP contribution in [0.1, 0.15) is 12.8 Å². The molecule has 0 aromatic carbocycles. The van der Waals surface area contributed by atoms with Gasteiger partial charge in [-0.3, -0.25) is 0 Å². The number of hydrogen-bond donors (Lipinski definition) is 0. The van der Waals surface area contributed by atoms with E-state index in [1.165, 1.54) is 0 Å². The van der Waals surface area contributed by atoms with E-state index in [2.05, 4.69) is 0 Å². The molecular formula is C5H9Cl5Si. The van der Waals surface area contributed by atoms with E-state index >= 15 is 0 Å². The topological polar surface area (TPSA) is 0 Å². The summed E-state index contributed by atoms with van der Waals surface area (Å²) in [6.07, 6.45) is 1.28. The normalized spacial score (nSPS) is 13.6. The molecule has 0 unspecified atom stereocenters. The third kappa shape index (κ3) is 11.7. The van der Waals surface area contributed by atoms with E-state index in [1.54, 1.807) is 0 Å². The number of halogens is 5. The van der Waals surface area contributed by atoms with Gasteiger partial charge in [0.1, 0.15) is 0 Å². The highest BCUT2D eigenvalue weighted by Crippen LogP contribution is 2.34. The quantitative estimate of drug-likeness (QED) is 0.398. The molecule has 0 aliphatic carbocycles. The second-order valence-electron chi connectivity index (χ2n) is 2.54. The van der Waals surface area contributed by atoms with E-state index in [0.717, 1.165) is 12.5 Å². The first-order chi connectivity index (χ1) is 4.71. The summed E-state index contributed by atoms with van der Waals surface area (Å²) >= 11 is 28.2. The van der Waals surface area contributed by atoms with Gasteiger partial charge in [-0.05, 0) is 25.4 Å². The third-order valence-electron chi connectivity index (χ3n) is 1.08. The van der Waals surface area contributed by atoms with Crippen LogP contribution in [0.2, 0.25) is 12.6 Å². The van der Waals surface area contributed by atoms with E-state index in [9.17, 15) is 0 Å². The summed E-state index contributed by atoms with van der Waals surface area (Å²) in [4.78, 5) is 0. The van der Waals surface area contributed by atoms with Gasteiger partial charge >= 0.3 is 0 Å². The van der Waals surface area contributed by atoms with Crippen molar-refractivity contribution in [1.82, 2.24) is 0 Å². The molecule has 68 valence electrons. The summed E-state index contributed by atoms with van der Waals surface area (Å²) < 4.78 is -1.16. The summed E-state index contributed by atoms with van der Waals surface area (Å²) in [5.74, 6) is 0. The molecule has 0 radical (unpaired) electrons. The molecule has 0 aromatic rings. The van der Waals surface area contributed by atoms with Crippen molar-refractivity contribution in [2.75, 3.05) is 0 Å². The highest BCUT2D eigenvalue weighted by molar-refractivity contribution is 7.44. The van der Waals surface area contributed by atoms with Gasteiger partial charge in [0.05, 0.1) is 0 Å². The average molecular weight is 274 g/mol. The average Bonchev–Trinajstić information content (AvgIpc) is 1.55. The van der Waals surface area contributed by atoms with Gasteiger partial charge in [0.15, 0.2) is 3.79 Å². The number of alkyl halides is 3. The van der Waals surface area contributed by atoms with Gasteiger partial charge in [-0.1, -0.05) is 34.8 Å². The predicted molar refractivity (Wildman–Crippen MR) is 57.7 cm³/mol. The molecule has 6 heteroatoms. The van der Waals surface area contributed by atoms with Crippen molar-refractivity contribution in [2.45, 2.75) is 29.2 Å². The first kappa shape index (κ1) is 12.7. The Balaban J connectivity index is 3.44. The molecule has 0 rings (SSSR count). The van der Waals surface area contributed by atoms with Gasteiger partial charge in [-0.15, -0.1) is 22.2 Å². The van der Waals surface area contributed by atoms with Crippen LogP contribution in [0, 0.1) is 0 Å². The summed E-state index contributed by atoms with van der Waals surface area (Å²) in [6, 6.07) is 0.768. The Labute approximate surface area is 92.5 Å². The van der Waals surface area contributed by atoms with Gasteiger partial charge in [-0.25, -0.2) is 0 Å². The Morgan fingerprint density at radius 3 is 1.91 bits per heavy atom. The summed E-state index contributed by atoms with van der Waals surface area (Å²) in [5, 5.41) is 0. The highest BCUT2D eigenvalue weighted by Gasteiger charge is 2.24. The molecule has 0 saturated carbocycles. The predicted octanol–water partition coefficient (Wildman–Crippen LogP) is 4.69. The molecule has 0 atom stereocenters. The van der Waals surface area contributed by atoms with E-state index in [4.69, 9.17) is 57.0 Å². The van der Waals surface area contributed by atoms with Gasteiger partial charge < -0.3 is 0 Å². The van der Waals surface area contributed by atoms with Crippen molar-refractivity contribution >= 4 is 63.7 Å². The van der Waals surface area contributed by atoms with E-state index in [1.807, 2.05) is 6.55 Å². The minimum Gasteiger partial charge on any atom is -0.146 e. The fourth-order valence-corrected chi connectivity index (χ4v) is 2.60. The maximum absolute atomic E-state index is 5.84. The van der Waals surface area contributed by atoms with Crippen molar-refractivity contribution < 1.29 is 0 Å². The van der Waals surface area contributed by atoms with Crippen molar-refractivity contribution in [2.24, 2.45) is 0 Å². The molecule has 0 heterocycles. The molecule has 0 amide bonds. The van der Waals surface area contributed by atoms with Crippen LogP contribution in [0.5, 0.6) is 0 Å². The Kier molecular flexibility index (Phi) is 5.50. The van der Waals surface area contributed by atoms with Crippen LogP contribution in [0.3, 0.4) is 0 Å². The molecule has 0 spiro atoms. The summed E-state index contributed by atoms with van der Waals surface area (Å²) in [5.41, 5.74) is 0. The molecular weight excluding hydrogens is 265 g/mol. The van der Waals surface area contributed by atoms with Crippen LogP contribution < -0.4 is 0 Å². The minimum atomic E-state index is -1.99. The SMILES string of the molecule is C[Si](Cl)(Cl)CCCC(Cl)(Cl)Cl. The number of hydrogen-bond acceptors (Lipinski definition) is 0. The maximum atomic E-state index is 5.84. The number of rotatable bonds is 3. The Hall–Kier alpha value is 1.67. The second-order valence-corrected chi connectivity index (χ2v) is 13.3. The van der Waals surface area contributed by atoms with Gasteiger partial charge in [0.25, 0.3) is 0 Å². The van der Waals surface area contributed by atoms with E-state index in [-0.39, 0.29) is 0 Å². The molecule has 0 nitrogen and oxygen atoms in total. The largest absolute Gasteiger partial charge is 0.248 e. The maximum Gasteiger partial charge on any atom is 0.248 e. The molecule has 11 heavy (non-hydrogen) atoms. The first-order valence-corrected chi connectivity index (χ1v) is 9.02. The fraction of sp³-hybridized carbons (Fsp3) is 1.00. The lowest BCUT2D eigenvalue weighted by molar-refractivity contribution is 0.816. The standard InChI is InChI=1S/C5H9Cl5Si/c1-11(9,10)4-2-3-5(6,7)8/h2-4H2,1H3. The highest BCUT2D eigenvalue weighted by atomic mass is 35.7. The molecule has 0 aliphatic heterocycles. The van der Waals surface area contributed by atoms with Gasteiger partial charge in [0.2, 0.25) is 6.69 Å². The van der Waals surface area contributed by atoms with Crippen molar-refractivity contribution in [3.05, 3.63) is 0 Å². The Morgan fingerprint density at radius 1 is 1.18 bits per heavy atom. The lowest BCUT2D eigenvalue weighted by Gasteiger charge is -2.13. The van der Waals surface area contributed by atoms with Crippen LogP contribution in [0.4, 0.5) is 0 Å². The van der Waals surface area contributed by atoms with Crippen LogP contribution in [0.25, 0.3) is 0 Å². The Morgan fingerprint density at radius 2 is 1.64 bits per heavy atom. The van der Waals surface area contributed by atoms with Crippen molar-refractivity contribution in [1.29, 1.82) is 0 Å². The van der Waals surface area contributed by atoms with Gasteiger partial charge in [-0.2, -0.15) is 0 Å². The van der Waals surface area contributed by atoms with Crippen LogP contribution in [0.15, 0.2) is 0 Å². The molecule has 0 aromatic heterocycles. The lowest BCUT2D eigenvalue weighted by Crippen LogP contribution is -2.13.